The predicted molar refractivity (Wildman–Crippen MR) is 53.6 cm³/mol. The Bertz CT molecular complexity index is 354. The summed E-state index contributed by atoms with van der Waals surface area (Å²) in [6, 6.07) is 0. The number of amides is 1. The minimum Gasteiger partial charge on any atom is -0.406 e. The Balaban J connectivity index is 2.76. The van der Waals surface area contributed by atoms with E-state index in [9.17, 15) is 4.79 Å². The number of hydrogen-bond donors (Lipinski definition) is 1. The zero-order valence-corrected chi connectivity index (χ0v) is 8.73. The van der Waals surface area contributed by atoms with E-state index in [1.165, 1.54) is 0 Å². The molecule has 0 unspecified atom stereocenters. The number of rotatable bonds is 2. The van der Waals surface area contributed by atoms with Gasteiger partial charge in [-0.2, -0.15) is 15.0 Å². The van der Waals surface area contributed by atoms with E-state index in [4.69, 9.17) is 23.2 Å². The SMILES string of the molecule is O=C(Nc1nc(Cl)nc(Cl)n1)OC=S. The Morgan fingerprint density at radius 2 is 1.93 bits per heavy atom. The van der Waals surface area contributed by atoms with E-state index in [1.807, 2.05) is 0 Å². The number of carbonyl (C=O) groups is 1. The number of nitrogens with zero attached hydrogens (tertiary/aromatic N) is 3. The van der Waals surface area contributed by atoms with E-state index >= 15 is 0 Å². The van der Waals surface area contributed by atoms with Crippen LogP contribution in [-0.2, 0) is 4.74 Å². The van der Waals surface area contributed by atoms with Gasteiger partial charge in [0.1, 0.15) is 0 Å². The highest BCUT2D eigenvalue weighted by Gasteiger charge is 2.07. The Labute approximate surface area is 93.6 Å². The lowest BCUT2D eigenvalue weighted by Gasteiger charge is -2.00. The van der Waals surface area contributed by atoms with E-state index in [-0.39, 0.29) is 16.5 Å². The van der Waals surface area contributed by atoms with Crippen LogP contribution in [-0.4, -0.2) is 26.6 Å². The summed E-state index contributed by atoms with van der Waals surface area (Å²) in [6.07, 6.45) is -0.835. The molecule has 0 saturated carbocycles. The maximum absolute atomic E-state index is 10.8. The van der Waals surface area contributed by atoms with Crippen LogP contribution in [0.5, 0.6) is 0 Å². The van der Waals surface area contributed by atoms with Gasteiger partial charge in [-0.05, 0) is 35.4 Å². The number of anilines is 1. The fourth-order valence-electron chi connectivity index (χ4n) is 0.546. The van der Waals surface area contributed by atoms with Crippen molar-refractivity contribution >= 4 is 53.0 Å². The molecular weight excluding hydrogens is 251 g/mol. The van der Waals surface area contributed by atoms with Crippen LogP contribution in [0.2, 0.25) is 10.6 Å². The third-order valence-corrected chi connectivity index (χ3v) is 1.38. The number of halogens is 2. The van der Waals surface area contributed by atoms with Crippen LogP contribution in [0.15, 0.2) is 0 Å². The summed E-state index contributed by atoms with van der Waals surface area (Å²) < 4.78 is 4.28. The quantitative estimate of drug-likeness (QED) is 0.808. The molecule has 9 heteroatoms. The second kappa shape index (κ2) is 4.99. The lowest BCUT2D eigenvalue weighted by atomic mass is 10.9. The summed E-state index contributed by atoms with van der Waals surface area (Å²) >= 11 is 15.2. The molecule has 0 aliphatic carbocycles. The van der Waals surface area contributed by atoms with Gasteiger partial charge < -0.3 is 4.74 Å². The maximum Gasteiger partial charge on any atom is 0.419 e. The van der Waals surface area contributed by atoms with Gasteiger partial charge in [0, 0.05) is 0 Å². The van der Waals surface area contributed by atoms with Crippen LogP contribution in [0.4, 0.5) is 10.7 Å². The van der Waals surface area contributed by atoms with Gasteiger partial charge in [-0.3, -0.25) is 5.32 Å². The molecule has 1 N–H and O–H groups in total. The molecule has 0 radical (unpaired) electrons. The minimum absolute atomic E-state index is 0.114. The third kappa shape index (κ3) is 3.36. The van der Waals surface area contributed by atoms with Crippen LogP contribution in [0.3, 0.4) is 0 Å². The largest absolute Gasteiger partial charge is 0.419 e. The number of aromatic nitrogens is 3. The molecule has 1 amide bonds. The van der Waals surface area contributed by atoms with Gasteiger partial charge >= 0.3 is 6.09 Å². The van der Waals surface area contributed by atoms with E-state index in [2.05, 4.69) is 37.2 Å². The second-order valence-corrected chi connectivity index (χ2v) is 2.69. The molecule has 0 aliphatic rings. The van der Waals surface area contributed by atoms with Crippen molar-refractivity contribution in [2.24, 2.45) is 0 Å². The minimum atomic E-state index is -0.835. The van der Waals surface area contributed by atoms with Crippen molar-refractivity contribution in [1.82, 2.24) is 15.0 Å². The number of carbonyl (C=O) groups excluding carboxylic acids is 1. The van der Waals surface area contributed by atoms with Gasteiger partial charge in [-0.15, -0.1) is 0 Å². The van der Waals surface area contributed by atoms with E-state index in [0.717, 1.165) is 5.55 Å². The van der Waals surface area contributed by atoms with Crippen molar-refractivity contribution in [2.75, 3.05) is 5.32 Å². The summed E-state index contributed by atoms with van der Waals surface area (Å²) in [5.74, 6) is -0.114. The van der Waals surface area contributed by atoms with Gasteiger partial charge in [0.2, 0.25) is 16.5 Å². The molecular formula is C5H2Cl2N4O2S. The molecule has 6 nitrogen and oxygen atoms in total. The van der Waals surface area contributed by atoms with Gasteiger partial charge in [0.05, 0.1) is 0 Å². The number of nitrogens with one attached hydrogen (secondary N) is 1. The molecule has 0 fully saturated rings. The zero-order chi connectivity index (χ0) is 10.6. The first-order valence-electron chi connectivity index (χ1n) is 3.10. The monoisotopic (exact) mass is 252 g/mol. The molecule has 1 aromatic heterocycles. The number of thiocarbonyl (C=S) groups is 1. The van der Waals surface area contributed by atoms with Gasteiger partial charge in [-0.25, -0.2) is 4.79 Å². The highest BCUT2D eigenvalue weighted by atomic mass is 35.5. The Morgan fingerprint density at radius 3 is 2.43 bits per heavy atom. The second-order valence-electron chi connectivity index (χ2n) is 1.82. The molecule has 0 spiro atoms. The highest BCUT2D eigenvalue weighted by Crippen LogP contribution is 2.09. The lowest BCUT2D eigenvalue weighted by molar-refractivity contribution is 0.215. The molecule has 1 rings (SSSR count). The van der Waals surface area contributed by atoms with Crippen molar-refractivity contribution in [3.05, 3.63) is 10.6 Å². The first kappa shape index (κ1) is 11.0. The standard InChI is InChI=1S/C5H2Cl2N4O2S/c6-2-8-3(7)10-4(9-2)11-5(12)13-1-14/h1H,(H,8,9,10,11,12). The molecule has 0 aliphatic heterocycles. The first-order chi connectivity index (χ1) is 6.61. The molecule has 0 atom stereocenters. The average molecular weight is 253 g/mol. The number of hydrogen-bond acceptors (Lipinski definition) is 6. The third-order valence-electron chi connectivity index (χ3n) is 0.950. The van der Waals surface area contributed by atoms with Crippen molar-refractivity contribution < 1.29 is 9.53 Å². The van der Waals surface area contributed by atoms with Crippen molar-refractivity contribution in [3.63, 3.8) is 0 Å². The van der Waals surface area contributed by atoms with Gasteiger partial charge in [0.15, 0.2) is 5.55 Å². The van der Waals surface area contributed by atoms with Gasteiger partial charge in [-0.1, -0.05) is 0 Å². The summed E-state index contributed by atoms with van der Waals surface area (Å²) in [5, 5.41) is 1.86. The summed E-state index contributed by atoms with van der Waals surface area (Å²) in [5.41, 5.74) is 0.791. The number of ether oxygens (including phenoxy) is 1. The van der Waals surface area contributed by atoms with Crippen molar-refractivity contribution in [3.8, 4) is 0 Å². The molecule has 74 valence electrons. The summed E-state index contributed by atoms with van der Waals surface area (Å²) in [4.78, 5) is 21.4. The smallest absolute Gasteiger partial charge is 0.406 e. The maximum atomic E-state index is 10.8. The Hall–Kier alpha value is -1.05. The summed E-state index contributed by atoms with van der Waals surface area (Å²) in [7, 11) is 0. The normalized spacial score (nSPS) is 9.29. The fourth-order valence-corrected chi connectivity index (χ4v) is 0.997. The van der Waals surface area contributed by atoms with Crippen LogP contribution in [0.25, 0.3) is 0 Å². The van der Waals surface area contributed by atoms with Crippen LogP contribution in [0, 0.1) is 0 Å². The highest BCUT2D eigenvalue weighted by molar-refractivity contribution is 7.78. The van der Waals surface area contributed by atoms with E-state index in [1.54, 1.807) is 0 Å². The zero-order valence-electron chi connectivity index (χ0n) is 6.40. The van der Waals surface area contributed by atoms with Crippen LogP contribution >= 0.6 is 35.4 Å². The van der Waals surface area contributed by atoms with E-state index in [0.29, 0.717) is 0 Å². The Morgan fingerprint density at radius 1 is 1.36 bits per heavy atom. The van der Waals surface area contributed by atoms with Gasteiger partial charge in [0.25, 0.3) is 0 Å². The van der Waals surface area contributed by atoms with Crippen LogP contribution in [0.1, 0.15) is 0 Å². The molecule has 0 bridgehead atoms. The molecule has 0 saturated heterocycles. The Kier molecular flexibility index (Phi) is 3.93. The van der Waals surface area contributed by atoms with Crippen LogP contribution < -0.4 is 5.32 Å². The predicted octanol–water partition coefficient (Wildman–Crippen LogP) is 1.68. The average Bonchev–Trinajstić information content (AvgIpc) is 2.01. The lowest BCUT2D eigenvalue weighted by Crippen LogP contribution is -2.14. The summed E-state index contributed by atoms with van der Waals surface area (Å²) in [6.45, 7) is 0. The van der Waals surface area contributed by atoms with Crippen molar-refractivity contribution in [1.29, 1.82) is 0 Å². The van der Waals surface area contributed by atoms with E-state index < -0.39 is 6.09 Å². The molecule has 1 aromatic rings. The topological polar surface area (TPSA) is 77.0 Å². The molecule has 14 heavy (non-hydrogen) atoms. The molecule has 1 heterocycles. The molecule has 0 aromatic carbocycles. The fraction of sp³-hybridized carbons (Fsp3) is 0. The first-order valence-corrected chi connectivity index (χ1v) is 4.33. The van der Waals surface area contributed by atoms with Crippen molar-refractivity contribution in [2.45, 2.75) is 0 Å².